The molecule has 0 aromatic carbocycles. The van der Waals surface area contributed by atoms with Crippen molar-refractivity contribution in [3.63, 3.8) is 0 Å². The summed E-state index contributed by atoms with van der Waals surface area (Å²) in [6.45, 7) is 0.780. The molecule has 1 fully saturated rings. The van der Waals surface area contributed by atoms with Crippen molar-refractivity contribution >= 4 is 23.4 Å². The first-order chi connectivity index (χ1) is 9.74. The van der Waals surface area contributed by atoms with Crippen LogP contribution in [-0.4, -0.2) is 27.5 Å². The maximum Gasteiger partial charge on any atom is 0.240 e. The maximum absolute atomic E-state index is 12.5. The van der Waals surface area contributed by atoms with Gasteiger partial charge in [-0.2, -0.15) is 5.10 Å². The summed E-state index contributed by atoms with van der Waals surface area (Å²) in [7, 11) is 1.86. The number of aryl methyl sites for hydroxylation is 1. The van der Waals surface area contributed by atoms with Crippen molar-refractivity contribution in [1.82, 2.24) is 9.78 Å². The molecule has 5 nitrogen and oxygen atoms in total. The van der Waals surface area contributed by atoms with E-state index in [2.05, 4.69) is 5.10 Å². The number of furan rings is 1. The SMILES string of the molecule is Cn1cc(N2CCC[C@H](SCc3ccco3)C2=O)cn1. The van der Waals surface area contributed by atoms with E-state index in [-0.39, 0.29) is 11.2 Å². The Morgan fingerprint density at radius 1 is 1.55 bits per heavy atom. The second-order valence-electron chi connectivity index (χ2n) is 4.88. The van der Waals surface area contributed by atoms with Crippen LogP contribution in [0.2, 0.25) is 0 Å². The van der Waals surface area contributed by atoms with Gasteiger partial charge in [0.05, 0.1) is 29.2 Å². The molecule has 0 N–H and O–H groups in total. The number of rotatable bonds is 4. The molecule has 0 aliphatic carbocycles. The zero-order chi connectivity index (χ0) is 13.9. The highest BCUT2D eigenvalue weighted by molar-refractivity contribution is 7.99. The average molecular weight is 291 g/mol. The highest BCUT2D eigenvalue weighted by atomic mass is 32.2. The van der Waals surface area contributed by atoms with Crippen LogP contribution in [0.15, 0.2) is 35.2 Å². The van der Waals surface area contributed by atoms with Gasteiger partial charge in [-0.1, -0.05) is 0 Å². The maximum atomic E-state index is 12.5. The minimum absolute atomic E-state index is 0.00839. The number of carbonyl (C=O) groups excluding carboxylic acids is 1. The van der Waals surface area contributed by atoms with E-state index >= 15 is 0 Å². The third-order valence-corrected chi connectivity index (χ3v) is 4.69. The average Bonchev–Trinajstić information content (AvgIpc) is 3.09. The van der Waals surface area contributed by atoms with Crippen LogP contribution < -0.4 is 4.90 Å². The summed E-state index contributed by atoms with van der Waals surface area (Å²) in [4.78, 5) is 14.4. The van der Waals surface area contributed by atoms with Gasteiger partial charge < -0.3 is 9.32 Å². The van der Waals surface area contributed by atoms with Gasteiger partial charge in [-0.15, -0.1) is 11.8 Å². The first-order valence-electron chi connectivity index (χ1n) is 6.68. The Labute approximate surface area is 121 Å². The lowest BCUT2D eigenvalue weighted by Crippen LogP contribution is -2.42. The van der Waals surface area contributed by atoms with Gasteiger partial charge in [-0.3, -0.25) is 9.48 Å². The van der Waals surface area contributed by atoms with Gasteiger partial charge in [-0.05, 0) is 25.0 Å². The number of hydrogen-bond acceptors (Lipinski definition) is 4. The van der Waals surface area contributed by atoms with E-state index in [4.69, 9.17) is 4.42 Å². The van der Waals surface area contributed by atoms with Crippen molar-refractivity contribution < 1.29 is 9.21 Å². The van der Waals surface area contributed by atoms with Gasteiger partial charge in [0, 0.05) is 19.8 Å². The molecule has 6 heteroatoms. The van der Waals surface area contributed by atoms with E-state index in [1.54, 1.807) is 28.9 Å². The molecule has 0 bridgehead atoms. The van der Waals surface area contributed by atoms with Crippen molar-refractivity contribution in [3.05, 3.63) is 36.5 Å². The molecule has 20 heavy (non-hydrogen) atoms. The van der Waals surface area contributed by atoms with Gasteiger partial charge in [-0.25, -0.2) is 0 Å². The van der Waals surface area contributed by atoms with Crippen LogP contribution in [0, 0.1) is 0 Å². The summed E-state index contributed by atoms with van der Waals surface area (Å²) < 4.78 is 7.04. The third kappa shape index (κ3) is 2.75. The Kier molecular flexibility index (Phi) is 3.82. The van der Waals surface area contributed by atoms with E-state index in [0.717, 1.165) is 36.6 Å². The molecule has 2 aromatic rings. The lowest BCUT2D eigenvalue weighted by Gasteiger charge is -2.30. The highest BCUT2D eigenvalue weighted by Crippen LogP contribution is 2.29. The van der Waals surface area contributed by atoms with Crippen LogP contribution in [0.1, 0.15) is 18.6 Å². The Hall–Kier alpha value is -1.69. The molecule has 106 valence electrons. The number of piperidine rings is 1. The topological polar surface area (TPSA) is 51.3 Å². The van der Waals surface area contributed by atoms with Crippen molar-refractivity contribution in [1.29, 1.82) is 0 Å². The largest absolute Gasteiger partial charge is 0.468 e. The molecule has 2 aromatic heterocycles. The lowest BCUT2D eigenvalue weighted by atomic mass is 10.1. The number of aromatic nitrogens is 2. The first kappa shape index (κ1) is 13.3. The molecule has 0 radical (unpaired) electrons. The van der Waals surface area contributed by atoms with E-state index in [0.29, 0.717) is 0 Å². The number of amides is 1. The van der Waals surface area contributed by atoms with Crippen LogP contribution in [0.25, 0.3) is 0 Å². The smallest absolute Gasteiger partial charge is 0.240 e. The Morgan fingerprint density at radius 3 is 3.15 bits per heavy atom. The van der Waals surface area contributed by atoms with Gasteiger partial charge in [0.25, 0.3) is 0 Å². The van der Waals surface area contributed by atoms with Gasteiger partial charge >= 0.3 is 0 Å². The lowest BCUT2D eigenvalue weighted by molar-refractivity contribution is -0.119. The van der Waals surface area contributed by atoms with E-state index in [1.165, 1.54) is 0 Å². The highest BCUT2D eigenvalue weighted by Gasteiger charge is 2.30. The Morgan fingerprint density at radius 2 is 2.45 bits per heavy atom. The quantitative estimate of drug-likeness (QED) is 0.868. The van der Waals surface area contributed by atoms with Crippen LogP contribution in [0.4, 0.5) is 5.69 Å². The van der Waals surface area contributed by atoms with Crippen LogP contribution in [-0.2, 0) is 17.6 Å². The summed E-state index contributed by atoms with van der Waals surface area (Å²) in [5.41, 5.74) is 0.890. The van der Waals surface area contributed by atoms with E-state index in [1.807, 2.05) is 30.3 Å². The van der Waals surface area contributed by atoms with Crippen LogP contribution >= 0.6 is 11.8 Å². The van der Waals surface area contributed by atoms with Crippen LogP contribution in [0.5, 0.6) is 0 Å². The summed E-state index contributed by atoms with van der Waals surface area (Å²) in [5.74, 6) is 1.84. The number of nitrogens with zero attached hydrogens (tertiary/aromatic N) is 3. The van der Waals surface area contributed by atoms with Crippen molar-refractivity contribution in [2.75, 3.05) is 11.4 Å². The standard InChI is InChI=1S/C14H17N3O2S/c1-16-9-11(8-15-16)17-6-2-5-13(14(17)18)20-10-12-4-3-7-19-12/h3-4,7-9,13H,2,5-6,10H2,1H3/t13-/m0/s1. The molecule has 1 saturated heterocycles. The third-order valence-electron chi connectivity index (χ3n) is 3.40. The summed E-state index contributed by atoms with van der Waals surface area (Å²) >= 11 is 1.66. The second-order valence-corrected chi connectivity index (χ2v) is 6.07. The number of thioether (sulfide) groups is 1. The number of anilines is 1. The molecule has 0 spiro atoms. The Bertz CT molecular complexity index is 579. The Balaban J connectivity index is 1.65. The first-order valence-corrected chi connectivity index (χ1v) is 7.73. The zero-order valence-electron chi connectivity index (χ0n) is 11.4. The fourth-order valence-corrected chi connectivity index (χ4v) is 3.51. The molecule has 1 atom stereocenters. The summed E-state index contributed by atoms with van der Waals surface area (Å²) in [5, 5.41) is 4.15. The van der Waals surface area contributed by atoms with Crippen molar-refractivity contribution in [2.24, 2.45) is 7.05 Å². The zero-order valence-corrected chi connectivity index (χ0v) is 12.2. The fourth-order valence-electron chi connectivity index (χ4n) is 2.38. The molecule has 1 amide bonds. The van der Waals surface area contributed by atoms with Crippen LogP contribution in [0.3, 0.4) is 0 Å². The normalized spacial score (nSPS) is 19.6. The molecule has 1 aliphatic heterocycles. The fraction of sp³-hybridized carbons (Fsp3) is 0.429. The molecule has 0 saturated carbocycles. The van der Waals surface area contributed by atoms with Crippen molar-refractivity contribution in [3.8, 4) is 0 Å². The molecule has 1 aliphatic rings. The molecular formula is C14H17N3O2S. The monoisotopic (exact) mass is 291 g/mol. The minimum atomic E-state index is 0.00839. The molecule has 0 unspecified atom stereocenters. The predicted molar refractivity (Wildman–Crippen MR) is 78.6 cm³/mol. The second kappa shape index (κ2) is 5.75. The molecular weight excluding hydrogens is 274 g/mol. The van der Waals surface area contributed by atoms with Gasteiger partial charge in [0.1, 0.15) is 5.76 Å². The van der Waals surface area contributed by atoms with Gasteiger partial charge in [0.15, 0.2) is 0 Å². The minimum Gasteiger partial charge on any atom is -0.468 e. The number of carbonyl (C=O) groups is 1. The summed E-state index contributed by atoms with van der Waals surface area (Å²) in [6.07, 6.45) is 7.26. The molecule has 3 heterocycles. The van der Waals surface area contributed by atoms with E-state index < -0.39 is 0 Å². The van der Waals surface area contributed by atoms with Gasteiger partial charge in [0.2, 0.25) is 5.91 Å². The van der Waals surface area contributed by atoms with Crippen molar-refractivity contribution in [2.45, 2.75) is 23.8 Å². The number of hydrogen-bond donors (Lipinski definition) is 0. The predicted octanol–water partition coefficient (Wildman–Crippen LogP) is 2.44. The van der Waals surface area contributed by atoms with E-state index in [9.17, 15) is 4.79 Å². The summed E-state index contributed by atoms with van der Waals surface area (Å²) in [6, 6.07) is 3.82. The molecule has 3 rings (SSSR count).